The molecule has 2 aromatic rings. The lowest BCUT2D eigenvalue weighted by atomic mass is 9.86. The summed E-state index contributed by atoms with van der Waals surface area (Å²) in [5.74, 6) is -0.456. The second-order valence-corrected chi connectivity index (χ2v) is 7.16. The number of phenolic OH excluding ortho intramolecular Hbond substituents is 2. The highest BCUT2D eigenvalue weighted by atomic mass is 79.9. The minimum atomic E-state index is -0.362. The van der Waals surface area contributed by atoms with Crippen LogP contribution < -0.4 is 0 Å². The van der Waals surface area contributed by atoms with Gasteiger partial charge in [0.15, 0.2) is 0 Å². The normalized spacial score (nSPS) is 13.6. The van der Waals surface area contributed by atoms with E-state index in [4.69, 9.17) is 0 Å². The molecule has 0 amide bonds. The van der Waals surface area contributed by atoms with Gasteiger partial charge in [0.1, 0.15) is 17.3 Å². The SMILES string of the molecule is CC(C(=O)C(C)c1cc(O)cc(Br)c1)c1cc(O)cc(Br)c1. The minimum absolute atomic E-state index is 0.0231. The van der Waals surface area contributed by atoms with Crippen molar-refractivity contribution in [2.75, 3.05) is 0 Å². The van der Waals surface area contributed by atoms with Crippen LogP contribution in [0.2, 0.25) is 0 Å². The lowest BCUT2D eigenvalue weighted by Crippen LogP contribution is -2.16. The fraction of sp³-hybridized carbons (Fsp3) is 0.235. The van der Waals surface area contributed by atoms with Crippen molar-refractivity contribution in [2.24, 2.45) is 0 Å². The predicted octanol–water partition coefficient (Wildman–Crippen LogP) is 5.10. The molecule has 116 valence electrons. The second kappa shape index (κ2) is 6.84. The molecule has 22 heavy (non-hydrogen) atoms. The maximum Gasteiger partial charge on any atom is 0.147 e. The number of phenols is 2. The van der Waals surface area contributed by atoms with Gasteiger partial charge < -0.3 is 10.2 Å². The van der Waals surface area contributed by atoms with Crippen LogP contribution in [-0.2, 0) is 4.79 Å². The molecule has 2 atom stereocenters. The minimum Gasteiger partial charge on any atom is -0.508 e. The molecule has 2 aromatic carbocycles. The fourth-order valence-corrected chi connectivity index (χ4v) is 3.39. The summed E-state index contributed by atoms with van der Waals surface area (Å²) in [4.78, 5) is 12.7. The highest BCUT2D eigenvalue weighted by molar-refractivity contribution is 9.10. The molecular formula is C17H16Br2O3. The average molecular weight is 428 g/mol. The summed E-state index contributed by atoms with van der Waals surface area (Å²) >= 11 is 6.64. The number of benzene rings is 2. The topological polar surface area (TPSA) is 57.5 Å². The summed E-state index contributed by atoms with van der Waals surface area (Å²) < 4.78 is 1.46. The van der Waals surface area contributed by atoms with Crippen LogP contribution in [0, 0.1) is 0 Å². The molecule has 0 bridgehead atoms. The molecular weight excluding hydrogens is 412 g/mol. The number of rotatable bonds is 4. The number of carbonyl (C=O) groups excluding carboxylic acids is 1. The van der Waals surface area contributed by atoms with E-state index in [2.05, 4.69) is 31.9 Å². The van der Waals surface area contributed by atoms with E-state index < -0.39 is 0 Å². The third kappa shape index (κ3) is 3.90. The Labute approximate surface area is 146 Å². The lowest BCUT2D eigenvalue weighted by molar-refractivity contribution is -0.121. The second-order valence-electron chi connectivity index (χ2n) is 5.33. The quantitative estimate of drug-likeness (QED) is 0.713. The van der Waals surface area contributed by atoms with Gasteiger partial charge in [-0.15, -0.1) is 0 Å². The first-order chi connectivity index (χ1) is 10.3. The van der Waals surface area contributed by atoms with Gasteiger partial charge in [0, 0.05) is 20.8 Å². The fourth-order valence-electron chi connectivity index (χ4n) is 2.40. The van der Waals surface area contributed by atoms with Crippen LogP contribution in [0.4, 0.5) is 0 Å². The van der Waals surface area contributed by atoms with Crippen molar-refractivity contribution in [2.45, 2.75) is 25.7 Å². The maximum absolute atomic E-state index is 12.7. The molecule has 0 saturated heterocycles. The third-order valence-corrected chi connectivity index (χ3v) is 4.58. The monoisotopic (exact) mass is 426 g/mol. The Bertz CT molecular complexity index is 613. The Morgan fingerprint density at radius 2 is 1.18 bits per heavy atom. The van der Waals surface area contributed by atoms with Crippen LogP contribution in [0.3, 0.4) is 0 Å². The van der Waals surface area contributed by atoms with E-state index in [9.17, 15) is 15.0 Å². The van der Waals surface area contributed by atoms with E-state index in [-0.39, 0.29) is 29.1 Å². The summed E-state index contributed by atoms with van der Waals surface area (Å²) in [5, 5.41) is 19.3. The molecule has 0 aliphatic rings. The van der Waals surface area contributed by atoms with Gasteiger partial charge in [0.05, 0.1) is 0 Å². The van der Waals surface area contributed by atoms with E-state index in [0.717, 1.165) is 20.1 Å². The molecule has 0 radical (unpaired) electrons. The standard InChI is InChI=1S/C17H16Br2O3/c1-9(11-3-13(18)7-15(20)5-11)17(22)10(2)12-4-14(19)8-16(21)6-12/h3-10,20-21H,1-2H3. The molecule has 0 aliphatic carbocycles. The average Bonchev–Trinajstić information content (AvgIpc) is 2.42. The number of aromatic hydroxyl groups is 2. The summed E-state index contributed by atoms with van der Waals surface area (Å²) in [6.07, 6.45) is 0. The molecule has 0 spiro atoms. The Kier molecular flexibility index (Phi) is 5.29. The van der Waals surface area contributed by atoms with E-state index in [1.807, 2.05) is 26.0 Å². The zero-order valence-corrected chi connectivity index (χ0v) is 15.3. The smallest absolute Gasteiger partial charge is 0.147 e. The van der Waals surface area contributed by atoms with Crippen LogP contribution in [-0.4, -0.2) is 16.0 Å². The predicted molar refractivity (Wildman–Crippen MR) is 93.5 cm³/mol. The molecule has 0 heterocycles. The lowest BCUT2D eigenvalue weighted by Gasteiger charge is -2.18. The van der Waals surface area contributed by atoms with Gasteiger partial charge in [-0.1, -0.05) is 45.7 Å². The first-order valence-corrected chi connectivity index (χ1v) is 8.39. The summed E-state index contributed by atoms with van der Waals surface area (Å²) in [6, 6.07) is 10.0. The number of ketones is 1. The Morgan fingerprint density at radius 3 is 1.50 bits per heavy atom. The van der Waals surface area contributed by atoms with Gasteiger partial charge in [-0.3, -0.25) is 4.79 Å². The summed E-state index contributed by atoms with van der Waals surface area (Å²) in [7, 11) is 0. The van der Waals surface area contributed by atoms with Crippen molar-refractivity contribution in [3.63, 3.8) is 0 Å². The van der Waals surface area contributed by atoms with Gasteiger partial charge in [-0.25, -0.2) is 0 Å². The largest absolute Gasteiger partial charge is 0.508 e. The van der Waals surface area contributed by atoms with Crippen LogP contribution in [0.1, 0.15) is 36.8 Å². The maximum atomic E-state index is 12.7. The molecule has 0 aliphatic heterocycles. The van der Waals surface area contributed by atoms with Gasteiger partial charge in [0.2, 0.25) is 0 Å². The van der Waals surface area contributed by atoms with Gasteiger partial charge in [-0.05, 0) is 47.5 Å². The number of Topliss-reactive ketones (excluding diaryl/α,β-unsaturated/α-hetero) is 1. The Morgan fingerprint density at radius 1 is 0.818 bits per heavy atom. The zero-order valence-electron chi connectivity index (χ0n) is 12.2. The molecule has 5 heteroatoms. The molecule has 2 N–H and O–H groups in total. The van der Waals surface area contributed by atoms with E-state index in [1.54, 1.807) is 24.3 Å². The van der Waals surface area contributed by atoms with Crippen LogP contribution in [0.25, 0.3) is 0 Å². The van der Waals surface area contributed by atoms with E-state index in [1.165, 1.54) is 0 Å². The number of carbonyl (C=O) groups is 1. The Hall–Kier alpha value is -1.33. The Balaban J connectivity index is 2.29. The van der Waals surface area contributed by atoms with Crippen molar-refractivity contribution in [3.8, 4) is 11.5 Å². The molecule has 0 fully saturated rings. The summed E-state index contributed by atoms with van der Waals surface area (Å²) in [5.41, 5.74) is 1.51. The van der Waals surface area contributed by atoms with Crippen molar-refractivity contribution in [3.05, 3.63) is 56.5 Å². The van der Waals surface area contributed by atoms with Crippen molar-refractivity contribution in [1.29, 1.82) is 0 Å². The van der Waals surface area contributed by atoms with Crippen molar-refractivity contribution < 1.29 is 15.0 Å². The number of halogens is 2. The van der Waals surface area contributed by atoms with Gasteiger partial charge in [-0.2, -0.15) is 0 Å². The number of hydrogen-bond donors (Lipinski definition) is 2. The van der Waals surface area contributed by atoms with Crippen LogP contribution >= 0.6 is 31.9 Å². The van der Waals surface area contributed by atoms with Crippen LogP contribution in [0.5, 0.6) is 11.5 Å². The highest BCUT2D eigenvalue weighted by Gasteiger charge is 2.24. The molecule has 3 nitrogen and oxygen atoms in total. The van der Waals surface area contributed by atoms with Gasteiger partial charge >= 0.3 is 0 Å². The first kappa shape index (κ1) is 17.0. The summed E-state index contributed by atoms with van der Waals surface area (Å²) in [6.45, 7) is 3.63. The molecule has 0 aromatic heterocycles. The number of hydrogen-bond acceptors (Lipinski definition) is 3. The molecule has 2 rings (SSSR count). The van der Waals surface area contributed by atoms with Crippen molar-refractivity contribution in [1.82, 2.24) is 0 Å². The molecule has 2 unspecified atom stereocenters. The van der Waals surface area contributed by atoms with Crippen LogP contribution in [0.15, 0.2) is 45.3 Å². The molecule has 0 saturated carbocycles. The van der Waals surface area contributed by atoms with E-state index in [0.29, 0.717) is 0 Å². The first-order valence-electron chi connectivity index (χ1n) is 6.80. The van der Waals surface area contributed by atoms with Gasteiger partial charge in [0.25, 0.3) is 0 Å². The van der Waals surface area contributed by atoms with Crippen molar-refractivity contribution >= 4 is 37.6 Å². The van der Waals surface area contributed by atoms with E-state index >= 15 is 0 Å². The zero-order chi connectivity index (χ0) is 16.4. The third-order valence-electron chi connectivity index (χ3n) is 3.66. The highest BCUT2D eigenvalue weighted by Crippen LogP contribution is 2.32.